The number of benzene rings is 1. The molecule has 1 aliphatic heterocycles. The molecule has 1 nitrogen and oxygen atoms in total. The lowest BCUT2D eigenvalue weighted by molar-refractivity contribution is -0.0199. The van der Waals surface area contributed by atoms with Crippen LogP contribution < -0.4 is 0 Å². The quantitative estimate of drug-likeness (QED) is 0.619. The normalized spacial score (nSPS) is 23.5. The van der Waals surface area contributed by atoms with Gasteiger partial charge in [0.15, 0.2) is 0 Å². The van der Waals surface area contributed by atoms with Crippen molar-refractivity contribution in [3.63, 3.8) is 0 Å². The number of rotatable bonds is 6. The van der Waals surface area contributed by atoms with E-state index in [2.05, 4.69) is 38.1 Å². The van der Waals surface area contributed by atoms with E-state index in [0.29, 0.717) is 6.10 Å². The molecule has 1 fully saturated rings. The Kier molecular flexibility index (Phi) is 5.91. The summed E-state index contributed by atoms with van der Waals surface area (Å²) in [6.45, 7) is 5.37. The van der Waals surface area contributed by atoms with E-state index in [4.69, 9.17) is 4.74 Å². The van der Waals surface area contributed by atoms with Gasteiger partial charge in [0.05, 0.1) is 12.7 Å². The maximum atomic E-state index is 6.07. The number of unbranched alkanes of at least 4 members (excludes halogenated alkanes) is 3. The van der Waals surface area contributed by atoms with Crippen LogP contribution in [0.5, 0.6) is 0 Å². The van der Waals surface area contributed by atoms with Gasteiger partial charge in [-0.15, -0.1) is 0 Å². The van der Waals surface area contributed by atoms with E-state index in [-0.39, 0.29) is 0 Å². The second-order valence-electron chi connectivity index (χ2n) is 6.03. The molecule has 2 atom stereocenters. The second kappa shape index (κ2) is 7.69. The summed E-state index contributed by atoms with van der Waals surface area (Å²) in [7, 11) is 0. The maximum absolute atomic E-state index is 6.07. The van der Waals surface area contributed by atoms with Crippen LogP contribution in [0, 0.1) is 12.8 Å². The molecule has 19 heavy (non-hydrogen) atoms. The van der Waals surface area contributed by atoms with Crippen molar-refractivity contribution in [2.75, 3.05) is 6.61 Å². The van der Waals surface area contributed by atoms with Gasteiger partial charge in [0, 0.05) is 0 Å². The number of hydrogen-bond donors (Lipinski definition) is 0. The highest BCUT2D eigenvalue weighted by Crippen LogP contribution is 2.32. The lowest BCUT2D eigenvalue weighted by atomic mass is 9.90. The Balaban J connectivity index is 1.71. The van der Waals surface area contributed by atoms with Crippen LogP contribution in [0.3, 0.4) is 0 Å². The summed E-state index contributed by atoms with van der Waals surface area (Å²) in [5.41, 5.74) is 2.68. The zero-order valence-electron chi connectivity index (χ0n) is 12.5. The summed E-state index contributed by atoms with van der Waals surface area (Å²) < 4.78 is 6.07. The summed E-state index contributed by atoms with van der Waals surface area (Å²) in [6.07, 6.45) is 9.74. The van der Waals surface area contributed by atoms with Crippen LogP contribution >= 0.6 is 0 Å². The van der Waals surface area contributed by atoms with Gasteiger partial charge in [-0.2, -0.15) is 0 Å². The molecule has 2 rings (SSSR count). The standard InChI is InChI=1S/C18H28O/c1-3-4-5-6-7-16-10-13-18(19-14-16)17-11-8-15(2)9-12-17/h8-9,11-12,16,18H,3-7,10,13-14H2,1-2H3. The third-order valence-electron chi connectivity index (χ3n) is 4.29. The number of aryl methyl sites for hydroxylation is 1. The third kappa shape index (κ3) is 4.65. The first kappa shape index (κ1) is 14.6. The molecule has 1 aromatic carbocycles. The van der Waals surface area contributed by atoms with Crippen LogP contribution in [0.25, 0.3) is 0 Å². The molecule has 0 aromatic heterocycles. The van der Waals surface area contributed by atoms with Crippen LogP contribution in [0.4, 0.5) is 0 Å². The Labute approximate surface area is 118 Å². The molecule has 0 bridgehead atoms. The second-order valence-corrected chi connectivity index (χ2v) is 6.03. The highest BCUT2D eigenvalue weighted by atomic mass is 16.5. The summed E-state index contributed by atoms with van der Waals surface area (Å²) in [5, 5.41) is 0. The molecule has 1 saturated heterocycles. The average molecular weight is 260 g/mol. The topological polar surface area (TPSA) is 9.23 Å². The summed E-state index contributed by atoms with van der Waals surface area (Å²) in [5.74, 6) is 0.804. The van der Waals surface area contributed by atoms with Gasteiger partial charge < -0.3 is 4.74 Å². The van der Waals surface area contributed by atoms with E-state index in [1.807, 2.05) is 0 Å². The predicted molar refractivity (Wildman–Crippen MR) is 81.4 cm³/mol. The first-order chi connectivity index (χ1) is 9.29. The lowest BCUT2D eigenvalue weighted by Crippen LogP contribution is -2.20. The first-order valence-electron chi connectivity index (χ1n) is 7.97. The van der Waals surface area contributed by atoms with E-state index in [9.17, 15) is 0 Å². The van der Waals surface area contributed by atoms with Crippen molar-refractivity contribution in [2.45, 2.75) is 64.9 Å². The molecule has 0 amide bonds. The van der Waals surface area contributed by atoms with Gasteiger partial charge in [0.1, 0.15) is 0 Å². The van der Waals surface area contributed by atoms with Crippen molar-refractivity contribution in [3.05, 3.63) is 35.4 Å². The molecule has 1 heteroatoms. The Bertz CT molecular complexity index is 346. The minimum absolute atomic E-state index is 0.340. The van der Waals surface area contributed by atoms with Crippen molar-refractivity contribution < 1.29 is 4.74 Å². The maximum Gasteiger partial charge on any atom is 0.0825 e. The van der Waals surface area contributed by atoms with Crippen molar-refractivity contribution in [1.29, 1.82) is 0 Å². The SMILES string of the molecule is CCCCCCC1CCC(c2ccc(C)cc2)OC1. The molecule has 0 spiro atoms. The van der Waals surface area contributed by atoms with Crippen LogP contribution in [-0.2, 0) is 4.74 Å². The Morgan fingerprint density at radius 1 is 1.05 bits per heavy atom. The Morgan fingerprint density at radius 2 is 1.84 bits per heavy atom. The van der Waals surface area contributed by atoms with Gasteiger partial charge >= 0.3 is 0 Å². The summed E-state index contributed by atoms with van der Waals surface area (Å²) in [6, 6.07) is 8.83. The smallest absolute Gasteiger partial charge is 0.0825 e. The van der Waals surface area contributed by atoms with Crippen molar-refractivity contribution in [3.8, 4) is 0 Å². The zero-order valence-corrected chi connectivity index (χ0v) is 12.5. The van der Waals surface area contributed by atoms with E-state index < -0.39 is 0 Å². The molecular formula is C18H28O. The van der Waals surface area contributed by atoms with Gasteiger partial charge in [-0.3, -0.25) is 0 Å². The van der Waals surface area contributed by atoms with E-state index in [1.54, 1.807) is 0 Å². The molecule has 0 saturated carbocycles. The van der Waals surface area contributed by atoms with Crippen molar-refractivity contribution in [1.82, 2.24) is 0 Å². The summed E-state index contributed by atoms with van der Waals surface area (Å²) >= 11 is 0. The number of hydrogen-bond acceptors (Lipinski definition) is 1. The minimum Gasteiger partial charge on any atom is -0.373 e. The fourth-order valence-corrected chi connectivity index (χ4v) is 2.94. The van der Waals surface area contributed by atoms with Gasteiger partial charge in [-0.25, -0.2) is 0 Å². The minimum atomic E-state index is 0.340. The lowest BCUT2D eigenvalue weighted by Gasteiger charge is -2.29. The molecule has 2 unspecified atom stereocenters. The van der Waals surface area contributed by atoms with Crippen LogP contribution in [0.1, 0.15) is 69.1 Å². The van der Waals surface area contributed by atoms with Gasteiger partial charge in [0.25, 0.3) is 0 Å². The van der Waals surface area contributed by atoms with E-state index in [1.165, 1.54) is 56.1 Å². The van der Waals surface area contributed by atoms with Crippen LogP contribution in [0.2, 0.25) is 0 Å². The van der Waals surface area contributed by atoms with Gasteiger partial charge in [-0.1, -0.05) is 62.4 Å². The largest absolute Gasteiger partial charge is 0.373 e. The zero-order chi connectivity index (χ0) is 13.5. The molecule has 1 aromatic rings. The van der Waals surface area contributed by atoms with Crippen LogP contribution in [-0.4, -0.2) is 6.61 Å². The molecule has 0 aliphatic carbocycles. The highest BCUT2D eigenvalue weighted by molar-refractivity contribution is 5.23. The fourth-order valence-electron chi connectivity index (χ4n) is 2.94. The van der Waals surface area contributed by atoms with Gasteiger partial charge in [-0.05, 0) is 37.7 Å². The molecule has 0 N–H and O–H groups in total. The molecule has 1 heterocycles. The average Bonchev–Trinajstić information content (AvgIpc) is 2.45. The summed E-state index contributed by atoms with van der Waals surface area (Å²) in [4.78, 5) is 0. The fraction of sp³-hybridized carbons (Fsp3) is 0.667. The van der Waals surface area contributed by atoms with E-state index >= 15 is 0 Å². The monoisotopic (exact) mass is 260 g/mol. The predicted octanol–water partition coefficient (Wildman–Crippen LogP) is 5.43. The Morgan fingerprint density at radius 3 is 2.47 bits per heavy atom. The molecule has 0 radical (unpaired) electrons. The Hall–Kier alpha value is -0.820. The van der Waals surface area contributed by atoms with Gasteiger partial charge in [0.2, 0.25) is 0 Å². The first-order valence-corrected chi connectivity index (χ1v) is 7.97. The van der Waals surface area contributed by atoms with Crippen molar-refractivity contribution in [2.24, 2.45) is 5.92 Å². The molecule has 106 valence electrons. The van der Waals surface area contributed by atoms with Crippen molar-refractivity contribution >= 4 is 0 Å². The molecule has 1 aliphatic rings. The van der Waals surface area contributed by atoms with E-state index in [0.717, 1.165) is 12.5 Å². The third-order valence-corrected chi connectivity index (χ3v) is 4.29. The number of ether oxygens (including phenoxy) is 1. The highest BCUT2D eigenvalue weighted by Gasteiger charge is 2.22. The molecular weight excluding hydrogens is 232 g/mol. The van der Waals surface area contributed by atoms with Crippen LogP contribution in [0.15, 0.2) is 24.3 Å².